The number of aliphatic hydroxyl groups excluding tert-OH is 1. The Morgan fingerprint density at radius 2 is 2.07 bits per heavy atom. The molecule has 2 heterocycles. The summed E-state index contributed by atoms with van der Waals surface area (Å²) in [5, 5.41) is 10.1. The molecule has 0 bridgehead atoms. The highest BCUT2D eigenvalue weighted by Crippen LogP contribution is 2.40. The van der Waals surface area contributed by atoms with Gasteiger partial charge in [0.05, 0.1) is 24.6 Å². The number of piperidine rings is 1. The third kappa shape index (κ3) is 6.16. The quantitative estimate of drug-likeness (QED) is 0.591. The van der Waals surface area contributed by atoms with Gasteiger partial charge in [0.25, 0.3) is 0 Å². The minimum Gasteiger partial charge on any atom is -0.493 e. The van der Waals surface area contributed by atoms with Crippen molar-refractivity contribution in [2.24, 2.45) is 5.92 Å². The third-order valence-corrected chi connectivity index (χ3v) is 6.07. The van der Waals surface area contributed by atoms with E-state index < -0.39 is 19.3 Å². The van der Waals surface area contributed by atoms with E-state index in [1.807, 2.05) is 4.90 Å². The molecule has 29 heavy (non-hydrogen) atoms. The standard InChI is InChI=1S/C20H26FN2O5P/c1-29(26,27)13-19(24)15-3-2-4-16(9-15)28-12-14-5-7-23(8-6-14)18-10-20(25)22-11-17(18)21/h2-4,9-11,14,19,24H,5-8,12-13H2,1H3,(H,22,25)(H,26,27)/t19-/m1/s1. The van der Waals surface area contributed by atoms with Crippen molar-refractivity contribution in [3.05, 3.63) is 58.3 Å². The van der Waals surface area contributed by atoms with Gasteiger partial charge < -0.3 is 24.6 Å². The fourth-order valence-electron chi connectivity index (χ4n) is 3.48. The molecule has 3 N–H and O–H groups in total. The smallest absolute Gasteiger partial charge is 0.250 e. The number of benzene rings is 1. The van der Waals surface area contributed by atoms with Crippen LogP contribution in [0, 0.1) is 11.7 Å². The van der Waals surface area contributed by atoms with Crippen LogP contribution in [0.1, 0.15) is 24.5 Å². The lowest BCUT2D eigenvalue weighted by molar-refractivity contribution is 0.196. The van der Waals surface area contributed by atoms with E-state index in [2.05, 4.69) is 4.98 Å². The largest absolute Gasteiger partial charge is 0.493 e. The monoisotopic (exact) mass is 424 g/mol. The number of aromatic amines is 1. The van der Waals surface area contributed by atoms with Crippen LogP contribution in [0.4, 0.5) is 10.1 Å². The summed E-state index contributed by atoms with van der Waals surface area (Å²) in [5.74, 6) is 0.445. The zero-order valence-electron chi connectivity index (χ0n) is 16.3. The second-order valence-corrected chi connectivity index (χ2v) is 10.1. The Morgan fingerprint density at radius 1 is 1.34 bits per heavy atom. The van der Waals surface area contributed by atoms with E-state index in [4.69, 9.17) is 4.74 Å². The van der Waals surface area contributed by atoms with Gasteiger partial charge in [-0.3, -0.25) is 9.36 Å². The molecule has 1 unspecified atom stereocenters. The molecule has 0 spiro atoms. The van der Waals surface area contributed by atoms with E-state index >= 15 is 0 Å². The first-order valence-corrected chi connectivity index (χ1v) is 11.8. The van der Waals surface area contributed by atoms with Crippen LogP contribution < -0.4 is 15.2 Å². The summed E-state index contributed by atoms with van der Waals surface area (Å²) in [6.45, 7) is 2.97. The molecule has 2 atom stereocenters. The predicted molar refractivity (Wildman–Crippen MR) is 109 cm³/mol. The van der Waals surface area contributed by atoms with Crippen LogP contribution >= 0.6 is 7.37 Å². The van der Waals surface area contributed by atoms with Crippen molar-refractivity contribution >= 4 is 13.1 Å². The van der Waals surface area contributed by atoms with Crippen molar-refractivity contribution in [1.29, 1.82) is 0 Å². The maximum Gasteiger partial charge on any atom is 0.250 e. The lowest BCUT2D eigenvalue weighted by atomic mass is 9.97. The van der Waals surface area contributed by atoms with Crippen LogP contribution in [-0.4, -0.2) is 47.5 Å². The van der Waals surface area contributed by atoms with E-state index in [-0.39, 0.29) is 17.6 Å². The van der Waals surface area contributed by atoms with Gasteiger partial charge in [0.1, 0.15) is 5.75 Å². The van der Waals surface area contributed by atoms with Crippen molar-refractivity contribution in [3.63, 3.8) is 0 Å². The summed E-state index contributed by atoms with van der Waals surface area (Å²) in [6, 6.07) is 8.18. The molecule has 1 fully saturated rings. The van der Waals surface area contributed by atoms with Crippen LogP contribution in [0.2, 0.25) is 0 Å². The maximum absolute atomic E-state index is 13.9. The molecular formula is C20H26FN2O5P. The minimum atomic E-state index is -3.32. The van der Waals surface area contributed by atoms with E-state index in [0.29, 0.717) is 36.7 Å². The van der Waals surface area contributed by atoms with Gasteiger partial charge in [0.2, 0.25) is 12.9 Å². The van der Waals surface area contributed by atoms with Crippen molar-refractivity contribution < 1.29 is 23.7 Å². The highest BCUT2D eigenvalue weighted by atomic mass is 31.2. The first-order chi connectivity index (χ1) is 13.7. The lowest BCUT2D eigenvalue weighted by Gasteiger charge is -2.33. The SMILES string of the molecule is CP(=O)(O)C[C@@H](O)c1cccc(OCC2CCN(c3cc(=O)[nH]cc3F)CC2)c1. The highest BCUT2D eigenvalue weighted by molar-refractivity contribution is 7.57. The number of H-pyrrole nitrogens is 1. The maximum atomic E-state index is 13.9. The fraction of sp³-hybridized carbons (Fsp3) is 0.450. The molecule has 9 heteroatoms. The van der Waals surface area contributed by atoms with Crippen LogP contribution in [0.25, 0.3) is 0 Å². The van der Waals surface area contributed by atoms with Crippen LogP contribution in [-0.2, 0) is 4.57 Å². The van der Waals surface area contributed by atoms with Crippen LogP contribution in [0.3, 0.4) is 0 Å². The number of anilines is 1. The molecule has 1 aromatic heterocycles. The molecule has 1 aliphatic rings. The molecule has 0 radical (unpaired) electrons. The molecule has 0 aliphatic carbocycles. The summed E-state index contributed by atoms with van der Waals surface area (Å²) in [7, 11) is -3.32. The van der Waals surface area contributed by atoms with Crippen LogP contribution in [0.15, 0.2) is 41.3 Å². The molecule has 0 saturated carbocycles. The van der Waals surface area contributed by atoms with E-state index in [9.17, 15) is 23.7 Å². The number of aliphatic hydroxyl groups is 1. The Kier molecular flexibility index (Phi) is 6.77. The summed E-state index contributed by atoms with van der Waals surface area (Å²) >= 11 is 0. The van der Waals surface area contributed by atoms with Crippen molar-refractivity contribution in [3.8, 4) is 5.75 Å². The first-order valence-electron chi connectivity index (χ1n) is 9.54. The first kappa shape index (κ1) is 21.6. The Balaban J connectivity index is 1.53. The molecule has 3 rings (SSSR count). The average Bonchev–Trinajstić information content (AvgIpc) is 2.68. The molecule has 1 aliphatic heterocycles. The van der Waals surface area contributed by atoms with Crippen LogP contribution in [0.5, 0.6) is 5.75 Å². The van der Waals surface area contributed by atoms with Gasteiger partial charge in [-0.25, -0.2) is 4.39 Å². The number of nitrogens with zero attached hydrogens (tertiary/aromatic N) is 1. The molecule has 2 aromatic rings. The number of hydrogen-bond acceptors (Lipinski definition) is 5. The van der Waals surface area contributed by atoms with Gasteiger partial charge in [-0.2, -0.15) is 0 Å². The Hall–Kier alpha value is -2.15. The van der Waals surface area contributed by atoms with Gasteiger partial charge in [-0.05, 0) is 36.5 Å². The van der Waals surface area contributed by atoms with E-state index in [1.165, 1.54) is 12.7 Å². The van der Waals surface area contributed by atoms with E-state index in [0.717, 1.165) is 19.0 Å². The number of hydrogen-bond donors (Lipinski definition) is 3. The molecule has 7 nitrogen and oxygen atoms in total. The van der Waals surface area contributed by atoms with Crippen molar-refractivity contribution in [2.45, 2.75) is 18.9 Å². The zero-order valence-corrected chi connectivity index (χ0v) is 17.1. The Morgan fingerprint density at radius 3 is 2.76 bits per heavy atom. The molecule has 1 saturated heterocycles. The number of pyridine rings is 1. The fourth-order valence-corrected chi connectivity index (χ4v) is 4.33. The second-order valence-electron chi connectivity index (χ2n) is 7.59. The summed E-state index contributed by atoms with van der Waals surface area (Å²) in [5.41, 5.74) is 0.541. The molecule has 0 amide bonds. The Bertz CT molecular complexity index is 936. The highest BCUT2D eigenvalue weighted by Gasteiger charge is 2.23. The van der Waals surface area contributed by atoms with Gasteiger partial charge in [0, 0.05) is 32.0 Å². The average molecular weight is 424 g/mol. The van der Waals surface area contributed by atoms with Crippen molar-refractivity contribution in [1.82, 2.24) is 4.98 Å². The van der Waals surface area contributed by atoms with Gasteiger partial charge >= 0.3 is 0 Å². The number of halogens is 1. The molecule has 1 aromatic carbocycles. The second kappa shape index (κ2) is 9.11. The van der Waals surface area contributed by atoms with Gasteiger partial charge in [0.15, 0.2) is 5.82 Å². The molecular weight excluding hydrogens is 398 g/mol. The van der Waals surface area contributed by atoms with E-state index in [1.54, 1.807) is 24.3 Å². The topological polar surface area (TPSA) is 103 Å². The summed E-state index contributed by atoms with van der Waals surface area (Å²) in [6.07, 6.45) is 1.47. The number of ether oxygens (including phenoxy) is 1. The van der Waals surface area contributed by atoms with Gasteiger partial charge in [-0.15, -0.1) is 0 Å². The van der Waals surface area contributed by atoms with Crippen molar-refractivity contribution in [2.75, 3.05) is 37.4 Å². The summed E-state index contributed by atoms with van der Waals surface area (Å²) in [4.78, 5) is 25.1. The number of nitrogens with one attached hydrogen (secondary N) is 1. The predicted octanol–water partition coefficient (Wildman–Crippen LogP) is 2.74. The number of aromatic nitrogens is 1. The third-order valence-electron chi connectivity index (χ3n) is 5.05. The normalized spacial score (nSPS) is 18.3. The summed E-state index contributed by atoms with van der Waals surface area (Å²) < 4.78 is 31.3. The Labute approximate surface area is 168 Å². The zero-order chi connectivity index (χ0) is 21.0. The minimum absolute atomic E-state index is 0.201. The molecule has 158 valence electrons. The van der Waals surface area contributed by atoms with Gasteiger partial charge in [-0.1, -0.05) is 12.1 Å². The number of rotatable bonds is 7. The lowest BCUT2D eigenvalue weighted by Crippen LogP contribution is -2.36.